The van der Waals surface area contributed by atoms with Gasteiger partial charge in [0, 0.05) is 19.6 Å². The molecule has 21 heavy (non-hydrogen) atoms. The Morgan fingerprint density at radius 1 is 1.00 bits per heavy atom. The summed E-state index contributed by atoms with van der Waals surface area (Å²) in [6.45, 7) is 3.59. The molecule has 0 N–H and O–H groups in total. The molecule has 0 aromatic heterocycles. The van der Waals surface area contributed by atoms with Crippen LogP contribution in [0.1, 0.15) is 11.1 Å². The van der Waals surface area contributed by atoms with Gasteiger partial charge in [-0.1, -0.05) is 36.4 Å². The SMILES string of the molecule is CN(C)CCN1Cc2ccccc2COc2ccccc21. The van der Waals surface area contributed by atoms with E-state index in [0.29, 0.717) is 6.61 Å². The Morgan fingerprint density at radius 2 is 1.71 bits per heavy atom. The van der Waals surface area contributed by atoms with Crippen molar-refractivity contribution in [1.82, 2.24) is 4.90 Å². The van der Waals surface area contributed by atoms with Crippen molar-refractivity contribution >= 4 is 5.69 Å². The molecule has 1 heterocycles. The number of para-hydroxylation sites is 2. The van der Waals surface area contributed by atoms with Gasteiger partial charge in [-0.2, -0.15) is 0 Å². The first-order valence-electron chi connectivity index (χ1n) is 7.42. The van der Waals surface area contributed by atoms with Gasteiger partial charge in [0.05, 0.1) is 5.69 Å². The second kappa shape index (κ2) is 6.19. The minimum Gasteiger partial charge on any atom is -0.487 e. The van der Waals surface area contributed by atoms with Crippen molar-refractivity contribution in [2.75, 3.05) is 32.1 Å². The van der Waals surface area contributed by atoms with Gasteiger partial charge in [-0.05, 0) is 37.4 Å². The smallest absolute Gasteiger partial charge is 0.143 e. The molecule has 3 heteroatoms. The fraction of sp³-hybridized carbons (Fsp3) is 0.333. The molecular formula is C18H22N2O. The van der Waals surface area contributed by atoms with E-state index in [1.54, 1.807) is 0 Å². The highest BCUT2D eigenvalue weighted by Crippen LogP contribution is 2.32. The number of likely N-dealkylation sites (N-methyl/N-ethyl adjacent to an activating group) is 1. The van der Waals surface area contributed by atoms with Gasteiger partial charge in [-0.15, -0.1) is 0 Å². The van der Waals surface area contributed by atoms with E-state index in [9.17, 15) is 0 Å². The molecular weight excluding hydrogens is 260 g/mol. The quantitative estimate of drug-likeness (QED) is 0.860. The van der Waals surface area contributed by atoms with Crippen molar-refractivity contribution in [3.8, 4) is 5.75 Å². The van der Waals surface area contributed by atoms with Crippen LogP contribution in [-0.2, 0) is 13.2 Å². The van der Waals surface area contributed by atoms with Gasteiger partial charge in [0.15, 0.2) is 0 Å². The molecule has 0 bridgehead atoms. The molecule has 110 valence electrons. The summed E-state index contributed by atoms with van der Waals surface area (Å²) in [4.78, 5) is 4.63. The van der Waals surface area contributed by atoms with E-state index in [-0.39, 0.29) is 0 Å². The first kappa shape index (κ1) is 14.0. The third-order valence-corrected chi connectivity index (χ3v) is 3.89. The normalized spacial score (nSPS) is 14.0. The van der Waals surface area contributed by atoms with Gasteiger partial charge in [0.1, 0.15) is 12.4 Å². The van der Waals surface area contributed by atoms with Crippen molar-refractivity contribution in [2.45, 2.75) is 13.2 Å². The number of rotatable bonds is 3. The van der Waals surface area contributed by atoms with Crippen LogP contribution < -0.4 is 9.64 Å². The molecule has 0 atom stereocenters. The first-order valence-corrected chi connectivity index (χ1v) is 7.42. The average Bonchev–Trinajstić information content (AvgIpc) is 2.48. The number of anilines is 1. The van der Waals surface area contributed by atoms with Crippen LogP contribution in [0, 0.1) is 0 Å². The molecule has 1 aliphatic rings. The van der Waals surface area contributed by atoms with E-state index in [2.05, 4.69) is 66.4 Å². The molecule has 0 saturated carbocycles. The third kappa shape index (κ3) is 3.19. The third-order valence-electron chi connectivity index (χ3n) is 3.89. The predicted molar refractivity (Wildman–Crippen MR) is 86.8 cm³/mol. The van der Waals surface area contributed by atoms with Crippen LogP contribution in [0.25, 0.3) is 0 Å². The zero-order valence-electron chi connectivity index (χ0n) is 12.7. The van der Waals surface area contributed by atoms with E-state index in [4.69, 9.17) is 4.74 Å². The predicted octanol–water partition coefficient (Wildman–Crippen LogP) is 3.15. The Morgan fingerprint density at radius 3 is 2.52 bits per heavy atom. The van der Waals surface area contributed by atoms with E-state index < -0.39 is 0 Å². The lowest BCUT2D eigenvalue weighted by Gasteiger charge is -2.31. The highest BCUT2D eigenvalue weighted by atomic mass is 16.5. The van der Waals surface area contributed by atoms with E-state index in [1.165, 1.54) is 16.8 Å². The lowest BCUT2D eigenvalue weighted by molar-refractivity contribution is 0.301. The largest absolute Gasteiger partial charge is 0.487 e. The topological polar surface area (TPSA) is 15.7 Å². The van der Waals surface area contributed by atoms with Gasteiger partial charge in [0.25, 0.3) is 0 Å². The minimum absolute atomic E-state index is 0.648. The summed E-state index contributed by atoms with van der Waals surface area (Å²) >= 11 is 0. The summed E-state index contributed by atoms with van der Waals surface area (Å²) in [5.74, 6) is 0.978. The highest BCUT2D eigenvalue weighted by molar-refractivity contribution is 5.59. The lowest BCUT2D eigenvalue weighted by atomic mass is 10.1. The zero-order chi connectivity index (χ0) is 14.7. The van der Waals surface area contributed by atoms with Crippen LogP contribution in [0.2, 0.25) is 0 Å². The number of hydrogen-bond acceptors (Lipinski definition) is 3. The minimum atomic E-state index is 0.648. The second-order valence-electron chi connectivity index (χ2n) is 5.75. The standard InChI is InChI=1S/C18H22N2O/c1-19(2)11-12-20-13-15-7-3-4-8-16(15)14-21-18-10-6-5-9-17(18)20/h3-10H,11-14H2,1-2H3. The summed E-state index contributed by atoms with van der Waals surface area (Å²) in [6.07, 6.45) is 0. The van der Waals surface area contributed by atoms with Crippen LogP contribution >= 0.6 is 0 Å². The maximum atomic E-state index is 6.04. The molecule has 0 unspecified atom stereocenters. The molecule has 0 aliphatic carbocycles. The Hall–Kier alpha value is -2.00. The molecule has 0 radical (unpaired) electrons. The number of benzene rings is 2. The fourth-order valence-electron chi connectivity index (χ4n) is 2.66. The molecule has 0 fully saturated rings. The zero-order valence-corrected chi connectivity index (χ0v) is 12.7. The molecule has 0 saturated heterocycles. The number of hydrogen-bond donors (Lipinski definition) is 0. The molecule has 0 amide bonds. The summed E-state index contributed by atoms with van der Waals surface area (Å²) < 4.78 is 6.04. The van der Waals surface area contributed by atoms with Crippen molar-refractivity contribution in [2.24, 2.45) is 0 Å². The van der Waals surface area contributed by atoms with Crippen LogP contribution in [0.3, 0.4) is 0 Å². The summed E-state index contributed by atoms with van der Waals surface area (Å²) in [6, 6.07) is 16.9. The van der Waals surface area contributed by atoms with Crippen LogP contribution in [0.4, 0.5) is 5.69 Å². The summed E-state index contributed by atoms with van der Waals surface area (Å²) in [5, 5.41) is 0. The second-order valence-corrected chi connectivity index (χ2v) is 5.75. The molecule has 1 aliphatic heterocycles. The van der Waals surface area contributed by atoms with Crippen LogP contribution in [0.5, 0.6) is 5.75 Å². The van der Waals surface area contributed by atoms with E-state index >= 15 is 0 Å². The van der Waals surface area contributed by atoms with Crippen molar-refractivity contribution in [1.29, 1.82) is 0 Å². The Bertz CT molecular complexity index is 610. The number of nitrogens with zero attached hydrogens (tertiary/aromatic N) is 2. The van der Waals surface area contributed by atoms with Crippen molar-refractivity contribution in [3.05, 3.63) is 59.7 Å². The van der Waals surface area contributed by atoms with Crippen LogP contribution in [0.15, 0.2) is 48.5 Å². The maximum Gasteiger partial charge on any atom is 0.143 e. The molecule has 3 nitrogen and oxygen atoms in total. The number of ether oxygens (including phenoxy) is 1. The van der Waals surface area contributed by atoms with Gasteiger partial charge in [-0.25, -0.2) is 0 Å². The Labute approximate surface area is 126 Å². The Balaban J connectivity index is 1.94. The van der Waals surface area contributed by atoms with E-state index in [1.807, 2.05) is 6.07 Å². The molecule has 2 aromatic carbocycles. The lowest BCUT2D eigenvalue weighted by Crippen LogP contribution is -2.32. The van der Waals surface area contributed by atoms with Gasteiger partial charge in [0.2, 0.25) is 0 Å². The average molecular weight is 282 g/mol. The Kier molecular flexibility index (Phi) is 4.11. The van der Waals surface area contributed by atoms with Crippen molar-refractivity contribution in [3.63, 3.8) is 0 Å². The molecule has 3 rings (SSSR count). The summed E-state index contributed by atoms with van der Waals surface area (Å²) in [7, 11) is 4.22. The van der Waals surface area contributed by atoms with E-state index in [0.717, 1.165) is 25.4 Å². The summed E-state index contributed by atoms with van der Waals surface area (Å²) in [5.41, 5.74) is 3.82. The van der Waals surface area contributed by atoms with Gasteiger partial charge >= 0.3 is 0 Å². The van der Waals surface area contributed by atoms with Gasteiger partial charge in [-0.3, -0.25) is 0 Å². The highest BCUT2D eigenvalue weighted by Gasteiger charge is 2.17. The maximum absolute atomic E-state index is 6.04. The monoisotopic (exact) mass is 282 g/mol. The van der Waals surface area contributed by atoms with Gasteiger partial charge < -0.3 is 14.5 Å². The fourth-order valence-corrected chi connectivity index (χ4v) is 2.66. The number of fused-ring (bicyclic) bond motifs is 2. The van der Waals surface area contributed by atoms with Crippen molar-refractivity contribution < 1.29 is 4.74 Å². The first-order chi connectivity index (χ1) is 10.2. The molecule has 0 spiro atoms. The van der Waals surface area contributed by atoms with Crippen LogP contribution in [-0.4, -0.2) is 32.1 Å². The molecule has 2 aromatic rings.